The molecule has 0 amide bonds. The van der Waals surface area contributed by atoms with Gasteiger partial charge in [0.05, 0.1) is 10.2 Å². The first-order valence-corrected chi connectivity index (χ1v) is 6.79. The summed E-state index contributed by atoms with van der Waals surface area (Å²) >= 11 is 3.02. The molecule has 0 saturated heterocycles. The van der Waals surface area contributed by atoms with Gasteiger partial charge >= 0.3 is 0 Å². The van der Waals surface area contributed by atoms with Crippen LogP contribution < -0.4 is 10.6 Å². The third-order valence-corrected chi connectivity index (χ3v) is 3.30. The SMILES string of the molecule is CCNc1ncnc(Nc2cc(Br)c(F)cc2F)c1C. The van der Waals surface area contributed by atoms with Crippen molar-refractivity contribution in [2.24, 2.45) is 0 Å². The molecule has 0 atom stereocenters. The van der Waals surface area contributed by atoms with Gasteiger partial charge in [0.15, 0.2) is 0 Å². The fourth-order valence-corrected chi connectivity index (χ4v) is 2.01. The molecule has 0 aliphatic carbocycles. The maximum Gasteiger partial charge on any atom is 0.149 e. The fraction of sp³-hybridized carbons (Fsp3) is 0.231. The highest BCUT2D eigenvalue weighted by atomic mass is 79.9. The number of hydrogen-bond acceptors (Lipinski definition) is 4. The summed E-state index contributed by atoms with van der Waals surface area (Å²) in [6, 6.07) is 2.15. The van der Waals surface area contributed by atoms with Gasteiger partial charge in [-0.3, -0.25) is 0 Å². The molecule has 7 heteroatoms. The van der Waals surface area contributed by atoms with Crippen molar-refractivity contribution in [3.63, 3.8) is 0 Å². The molecule has 4 nitrogen and oxygen atoms in total. The number of anilines is 3. The molecule has 0 aliphatic heterocycles. The maximum absolute atomic E-state index is 13.7. The van der Waals surface area contributed by atoms with Gasteiger partial charge in [0, 0.05) is 18.2 Å². The lowest BCUT2D eigenvalue weighted by molar-refractivity contribution is 0.581. The summed E-state index contributed by atoms with van der Waals surface area (Å²) in [5.41, 5.74) is 0.900. The summed E-state index contributed by atoms with van der Waals surface area (Å²) < 4.78 is 27.1. The van der Waals surface area contributed by atoms with Gasteiger partial charge in [-0.15, -0.1) is 0 Å². The first-order valence-electron chi connectivity index (χ1n) is 6.00. The minimum absolute atomic E-state index is 0.141. The van der Waals surface area contributed by atoms with Gasteiger partial charge in [-0.05, 0) is 35.8 Å². The van der Waals surface area contributed by atoms with Crippen LogP contribution in [0.25, 0.3) is 0 Å². The van der Waals surface area contributed by atoms with Crippen molar-refractivity contribution in [1.82, 2.24) is 9.97 Å². The van der Waals surface area contributed by atoms with Crippen LogP contribution in [0, 0.1) is 18.6 Å². The highest BCUT2D eigenvalue weighted by Crippen LogP contribution is 2.28. The number of rotatable bonds is 4. The van der Waals surface area contributed by atoms with Gasteiger partial charge in [0.2, 0.25) is 0 Å². The van der Waals surface area contributed by atoms with E-state index in [1.54, 1.807) is 0 Å². The second-order valence-electron chi connectivity index (χ2n) is 4.10. The summed E-state index contributed by atoms with van der Waals surface area (Å²) in [6.45, 7) is 4.48. The molecule has 2 rings (SSSR count). The van der Waals surface area contributed by atoms with Gasteiger partial charge in [0.25, 0.3) is 0 Å². The Balaban J connectivity index is 2.35. The van der Waals surface area contributed by atoms with Crippen LogP contribution in [0.15, 0.2) is 22.9 Å². The van der Waals surface area contributed by atoms with Gasteiger partial charge in [-0.25, -0.2) is 18.7 Å². The van der Waals surface area contributed by atoms with Crippen LogP contribution in [-0.4, -0.2) is 16.5 Å². The molecule has 0 bridgehead atoms. The molecule has 1 heterocycles. The van der Waals surface area contributed by atoms with Crippen molar-refractivity contribution in [2.75, 3.05) is 17.2 Å². The Morgan fingerprint density at radius 1 is 1.15 bits per heavy atom. The van der Waals surface area contributed by atoms with Crippen molar-refractivity contribution in [2.45, 2.75) is 13.8 Å². The maximum atomic E-state index is 13.7. The first kappa shape index (κ1) is 14.6. The quantitative estimate of drug-likeness (QED) is 0.824. The van der Waals surface area contributed by atoms with Crippen molar-refractivity contribution >= 4 is 33.3 Å². The highest BCUT2D eigenvalue weighted by molar-refractivity contribution is 9.10. The van der Waals surface area contributed by atoms with Crippen molar-refractivity contribution < 1.29 is 8.78 Å². The zero-order valence-corrected chi connectivity index (χ0v) is 12.6. The minimum atomic E-state index is -0.686. The van der Waals surface area contributed by atoms with E-state index in [1.165, 1.54) is 12.4 Å². The molecule has 106 valence electrons. The van der Waals surface area contributed by atoms with Crippen LogP contribution in [0.1, 0.15) is 12.5 Å². The van der Waals surface area contributed by atoms with Crippen LogP contribution in [-0.2, 0) is 0 Å². The van der Waals surface area contributed by atoms with E-state index in [1.807, 2.05) is 13.8 Å². The molecule has 2 aromatic rings. The van der Waals surface area contributed by atoms with Crippen LogP contribution in [0.4, 0.5) is 26.1 Å². The van der Waals surface area contributed by atoms with Gasteiger partial charge in [-0.1, -0.05) is 0 Å². The first-order chi connectivity index (χ1) is 9.52. The number of benzene rings is 1. The summed E-state index contributed by atoms with van der Waals surface area (Å²) in [4.78, 5) is 8.17. The Hall–Kier alpha value is -1.76. The van der Waals surface area contributed by atoms with E-state index in [4.69, 9.17) is 0 Å². The Bertz CT molecular complexity index is 634. The molecule has 1 aromatic heterocycles. The molecule has 1 aromatic carbocycles. The zero-order chi connectivity index (χ0) is 14.7. The Kier molecular flexibility index (Phi) is 4.49. The summed E-state index contributed by atoms with van der Waals surface area (Å²) in [5.74, 6) is -0.200. The summed E-state index contributed by atoms with van der Waals surface area (Å²) in [6.07, 6.45) is 1.38. The lowest BCUT2D eigenvalue weighted by Crippen LogP contribution is -2.06. The summed E-state index contributed by atoms with van der Waals surface area (Å²) in [7, 11) is 0. The van der Waals surface area contributed by atoms with Crippen molar-refractivity contribution in [3.05, 3.63) is 40.1 Å². The molecular formula is C13H13BrF2N4. The number of halogens is 3. The van der Waals surface area contributed by atoms with E-state index in [9.17, 15) is 8.78 Å². The highest BCUT2D eigenvalue weighted by Gasteiger charge is 2.12. The van der Waals surface area contributed by atoms with Crippen LogP contribution >= 0.6 is 15.9 Å². The van der Waals surface area contributed by atoms with Crippen LogP contribution in [0.2, 0.25) is 0 Å². The predicted molar refractivity (Wildman–Crippen MR) is 78.3 cm³/mol. The second kappa shape index (κ2) is 6.13. The van der Waals surface area contributed by atoms with Gasteiger partial charge in [-0.2, -0.15) is 0 Å². The fourth-order valence-electron chi connectivity index (χ4n) is 1.67. The van der Waals surface area contributed by atoms with E-state index in [0.717, 1.165) is 11.6 Å². The number of aromatic nitrogens is 2. The molecular weight excluding hydrogens is 330 g/mol. The molecule has 2 N–H and O–H groups in total. The third-order valence-electron chi connectivity index (χ3n) is 2.69. The normalized spacial score (nSPS) is 10.4. The van der Waals surface area contributed by atoms with E-state index < -0.39 is 11.6 Å². The largest absolute Gasteiger partial charge is 0.370 e. The number of nitrogens with zero attached hydrogens (tertiary/aromatic N) is 2. The topological polar surface area (TPSA) is 49.8 Å². The number of nitrogens with one attached hydrogen (secondary N) is 2. The Labute approximate surface area is 123 Å². The third kappa shape index (κ3) is 3.04. The van der Waals surface area contributed by atoms with Gasteiger partial charge < -0.3 is 10.6 Å². The van der Waals surface area contributed by atoms with Gasteiger partial charge in [0.1, 0.15) is 29.6 Å². The molecule has 0 saturated carbocycles. The molecule has 20 heavy (non-hydrogen) atoms. The predicted octanol–water partition coefficient (Wildman–Crippen LogP) is 4.00. The lowest BCUT2D eigenvalue weighted by Gasteiger charge is -2.12. The second-order valence-corrected chi connectivity index (χ2v) is 4.95. The molecule has 0 spiro atoms. The van der Waals surface area contributed by atoms with Crippen molar-refractivity contribution in [1.29, 1.82) is 0 Å². The lowest BCUT2D eigenvalue weighted by atomic mass is 10.2. The van der Waals surface area contributed by atoms with E-state index >= 15 is 0 Å². The minimum Gasteiger partial charge on any atom is -0.370 e. The monoisotopic (exact) mass is 342 g/mol. The van der Waals surface area contributed by atoms with E-state index in [2.05, 4.69) is 36.5 Å². The molecule has 0 unspecified atom stereocenters. The number of hydrogen-bond donors (Lipinski definition) is 2. The Morgan fingerprint density at radius 3 is 2.55 bits per heavy atom. The smallest absolute Gasteiger partial charge is 0.149 e. The van der Waals surface area contributed by atoms with E-state index in [-0.39, 0.29) is 10.2 Å². The van der Waals surface area contributed by atoms with Crippen LogP contribution in [0.3, 0.4) is 0 Å². The zero-order valence-electron chi connectivity index (χ0n) is 11.0. The molecule has 0 radical (unpaired) electrons. The molecule has 0 aliphatic rings. The Morgan fingerprint density at radius 2 is 1.85 bits per heavy atom. The standard InChI is InChI=1S/C13H13BrF2N4/c1-3-17-12-7(2)13(19-6-18-12)20-11-4-8(14)9(15)5-10(11)16/h4-6H,3H2,1-2H3,(H2,17,18,19,20). The average molecular weight is 343 g/mol. The summed E-state index contributed by atoms with van der Waals surface area (Å²) in [5, 5.41) is 5.93. The van der Waals surface area contributed by atoms with E-state index in [0.29, 0.717) is 18.2 Å². The van der Waals surface area contributed by atoms with Crippen molar-refractivity contribution in [3.8, 4) is 0 Å². The van der Waals surface area contributed by atoms with Crippen LogP contribution in [0.5, 0.6) is 0 Å². The molecule has 0 fully saturated rings. The average Bonchev–Trinajstić information content (AvgIpc) is 2.40.